The Labute approximate surface area is 159 Å². The molecule has 2 N–H and O–H groups in total. The predicted octanol–water partition coefficient (Wildman–Crippen LogP) is 2.03. The number of halogens is 1. The van der Waals surface area contributed by atoms with Gasteiger partial charge in [-0.2, -0.15) is 5.26 Å². The third-order valence-corrected chi connectivity index (χ3v) is 4.63. The zero-order valence-corrected chi connectivity index (χ0v) is 15.2. The summed E-state index contributed by atoms with van der Waals surface area (Å²) in [6, 6.07) is 3.41. The van der Waals surface area contributed by atoms with Gasteiger partial charge < -0.3 is 19.9 Å². The molecule has 0 radical (unpaired) electrons. The number of anilines is 2. The van der Waals surface area contributed by atoms with Crippen LogP contribution in [0.25, 0.3) is 16.8 Å². The van der Waals surface area contributed by atoms with Crippen LogP contribution in [0.4, 0.5) is 15.9 Å². The van der Waals surface area contributed by atoms with Crippen LogP contribution >= 0.6 is 0 Å². The van der Waals surface area contributed by atoms with Crippen molar-refractivity contribution in [3.8, 4) is 11.9 Å². The highest BCUT2D eigenvalue weighted by atomic mass is 19.1. The van der Waals surface area contributed by atoms with Gasteiger partial charge >= 0.3 is 0 Å². The van der Waals surface area contributed by atoms with Gasteiger partial charge in [0.05, 0.1) is 29.5 Å². The summed E-state index contributed by atoms with van der Waals surface area (Å²) in [5.74, 6) is -0.525. The first-order valence-electron chi connectivity index (χ1n) is 8.66. The number of rotatable bonds is 3. The molecule has 1 fully saturated rings. The van der Waals surface area contributed by atoms with Gasteiger partial charge in [0.2, 0.25) is 11.4 Å². The molecule has 0 aliphatic carbocycles. The monoisotopic (exact) mass is 384 g/mol. The van der Waals surface area contributed by atoms with E-state index in [0.717, 1.165) is 0 Å². The van der Waals surface area contributed by atoms with Gasteiger partial charge in [0.15, 0.2) is 17.9 Å². The summed E-state index contributed by atoms with van der Waals surface area (Å²) in [7, 11) is 0. The fraction of sp³-hybridized carbons (Fsp3) is 0.333. The van der Waals surface area contributed by atoms with E-state index in [9.17, 15) is 4.79 Å². The first-order valence-corrected chi connectivity index (χ1v) is 8.66. The molecule has 0 saturated carbocycles. The van der Waals surface area contributed by atoms with E-state index < -0.39 is 5.82 Å². The number of nitriles is 1. The number of aldehydes is 1. The fourth-order valence-corrected chi connectivity index (χ4v) is 3.55. The molecule has 1 saturated heterocycles. The maximum absolute atomic E-state index is 15.4. The molecule has 9 nitrogen and oxygen atoms in total. The van der Waals surface area contributed by atoms with Gasteiger partial charge in [-0.25, -0.2) is 9.07 Å². The van der Waals surface area contributed by atoms with Crippen LogP contribution in [0.1, 0.15) is 29.8 Å². The van der Waals surface area contributed by atoms with Crippen molar-refractivity contribution in [3.63, 3.8) is 0 Å². The second-order valence-electron chi connectivity index (χ2n) is 6.78. The van der Waals surface area contributed by atoms with Gasteiger partial charge in [0.1, 0.15) is 11.6 Å². The van der Waals surface area contributed by atoms with Crippen molar-refractivity contribution in [1.82, 2.24) is 14.9 Å². The number of nitrogens with two attached hydrogens (primary N) is 1. The molecule has 0 spiro atoms. The van der Waals surface area contributed by atoms with E-state index in [4.69, 9.17) is 20.3 Å². The third-order valence-electron chi connectivity index (χ3n) is 4.63. The predicted molar refractivity (Wildman–Crippen MR) is 97.8 cm³/mol. The minimum absolute atomic E-state index is 0.0163. The molecule has 3 heterocycles. The second-order valence-corrected chi connectivity index (χ2v) is 6.78. The van der Waals surface area contributed by atoms with Crippen LogP contribution in [0.5, 0.6) is 0 Å². The smallest absolute Gasteiger partial charge is 0.206 e. The molecular weight excluding hydrogens is 367 g/mol. The third kappa shape index (κ3) is 2.76. The van der Waals surface area contributed by atoms with Crippen molar-refractivity contribution in [3.05, 3.63) is 29.2 Å². The van der Waals surface area contributed by atoms with Crippen LogP contribution in [-0.4, -0.2) is 46.5 Å². The summed E-state index contributed by atoms with van der Waals surface area (Å²) >= 11 is 0. The zero-order chi connectivity index (χ0) is 20.0. The summed E-state index contributed by atoms with van der Waals surface area (Å²) < 4.78 is 27.5. The topological polar surface area (TPSA) is 123 Å². The molecular formula is C18H17FN6O3. The lowest BCUT2D eigenvalue weighted by atomic mass is 10.1. The first-order chi connectivity index (χ1) is 13.4. The average Bonchev–Trinajstić information content (AvgIpc) is 3.23. The summed E-state index contributed by atoms with van der Waals surface area (Å²) in [5, 5.41) is 17.2. The maximum Gasteiger partial charge on any atom is 0.206 e. The van der Waals surface area contributed by atoms with Crippen molar-refractivity contribution in [2.45, 2.75) is 26.1 Å². The lowest BCUT2D eigenvalue weighted by Crippen LogP contribution is -2.46. The number of benzene rings is 1. The highest BCUT2D eigenvalue weighted by molar-refractivity contribution is 5.97. The Hall–Kier alpha value is -3.45. The van der Waals surface area contributed by atoms with E-state index in [0.29, 0.717) is 19.4 Å². The first kappa shape index (κ1) is 17.9. The Bertz CT molecular complexity index is 1100. The lowest BCUT2D eigenvalue weighted by Gasteiger charge is -2.37. The van der Waals surface area contributed by atoms with Crippen LogP contribution < -0.4 is 10.6 Å². The number of hydrogen-bond donors (Lipinski definition) is 1. The van der Waals surface area contributed by atoms with Gasteiger partial charge in [0.25, 0.3) is 0 Å². The Morgan fingerprint density at radius 3 is 2.71 bits per heavy atom. The van der Waals surface area contributed by atoms with E-state index in [-0.39, 0.29) is 51.6 Å². The molecule has 144 valence electrons. The largest absolute Gasteiger partial charge is 0.381 e. The van der Waals surface area contributed by atoms with Gasteiger partial charge in [-0.05, 0) is 19.9 Å². The van der Waals surface area contributed by atoms with Crippen LogP contribution in [0, 0.1) is 17.1 Å². The van der Waals surface area contributed by atoms with Crippen LogP contribution in [-0.2, 0) is 4.74 Å². The number of morpholine rings is 1. The Morgan fingerprint density at radius 1 is 1.39 bits per heavy atom. The average molecular weight is 384 g/mol. The maximum atomic E-state index is 15.4. The molecule has 1 aromatic carbocycles. The number of carbonyl (C=O) groups excluding carboxylic acids is 1. The minimum Gasteiger partial charge on any atom is -0.381 e. The number of nitrogen functional groups attached to an aromatic ring is 1. The quantitative estimate of drug-likeness (QED) is 0.681. The Balaban J connectivity index is 1.87. The minimum atomic E-state index is -0.680. The van der Waals surface area contributed by atoms with Gasteiger partial charge in [-0.1, -0.05) is 5.16 Å². The van der Waals surface area contributed by atoms with Gasteiger partial charge in [-0.15, -0.1) is 5.10 Å². The van der Waals surface area contributed by atoms with Crippen molar-refractivity contribution in [2.75, 3.05) is 23.7 Å². The van der Waals surface area contributed by atoms with E-state index in [1.165, 1.54) is 16.9 Å². The molecule has 4 rings (SSSR count). The van der Waals surface area contributed by atoms with E-state index in [1.807, 2.05) is 19.9 Å². The molecule has 0 unspecified atom stereocenters. The van der Waals surface area contributed by atoms with Crippen molar-refractivity contribution in [1.29, 1.82) is 5.26 Å². The van der Waals surface area contributed by atoms with E-state index in [2.05, 4.69) is 10.3 Å². The summed E-state index contributed by atoms with van der Waals surface area (Å²) in [6.07, 6.45) is 1.74. The van der Waals surface area contributed by atoms with Crippen molar-refractivity contribution in [2.24, 2.45) is 0 Å². The van der Waals surface area contributed by atoms with E-state index in [1.54, 1.807) is 4.90 Å². The Morgan fingerprint density at radius 2 is 2.11 bits per heavy atom. The zero-order valence-electron chi connectivity index (χ0n) is 15.2. The van der Waals surface area contributed by atoms with Crippen LogP contribution in [0.15, 0.2) is 16.8 Å². The fourth-order valence-electron chi connectivity index (χ4n) is 3.55. The highest BCUT2D eigenvalue weighted by Gasteiger charge is 2.29. The van der Waals surface area contributed by atoms with Crippen molar-refractivity contribution < 1.29 is 18.4 Å². The van der Waals surface area contributed by atoms with Crippen LogP contribution in [0.2, 0.25) is 0 Å². The van der Waals surface area contributed by atoms with E-state index >= 15 is 4.39 Å². The molecule has 0 bridgehead atoms. The molecule has 2 atom stereocenters. The summed E-state index contributed by atoms with van der Waals surface area (Å²) in [4.78, 5) is 13.5. The number of ether oxygens (including phenoxy) is 1. The normalized spacial score (nSPS) is 19.7. The summed E-state index contributed by atoms with van der Waals surface area (Å²) in [5.41, 5.74) is 6.05. The standard InChI is InChI=1S/C18H17FN6O3/c1-9-5-24(6-10(2)27-9)15-11(8-26)3-13-16(14(15)19)28-23-18(13)25-7-12(4-20)17(21)22-25/h3,7-10H,5-6H2,1-2H3,(H2,21,22)/t9-,10+. The molecule has 10 heteroatoms. The molecule has 2 aromatic heterocycles. The highest BCUT2D eigenvalue weighted by Crippen LogP contribution is 2.35. The number of fused-ring (bicyclic) bond motifs is 1. The summed E-state index contributed by atoms with van der Waals surface area (Å²) in [6.45, 7) is 4.66. The SMILES string of the molecule is C[C@@H]1CN(c2c(C=O)cc3c(-n4cc(C#N)c(N)n4)noc3c2F)C[C@H](C)O1. The van der Waals surface area contributed by atoms with Crippen LogP contribution in [0.3, 0.4) is 0 Å². The van der Waals surface area contributed by atoms with Gasteiger partial charge in [-0.3, -0.25) is 4.79 Å². The molecule has 28 heavy (non-hydrogen) atoms. The van der Waals surface area contributed by atoms with Crippen molar-refractivity contribution >= 4 is 28.8 Å². The number of hydrogen-bond acceptors (Lipinski definition) is 8. The molecule has 1 aliphatic rings. The number of nitrogens with zero attached hydrogens (tertiary/aromatic N) is 5. The second kappa shape index (κ2) is 6.61. The Kier molecular flexibility index (Phi) is 4.24. The molecule has 3 aromatic rings. The molecule has 1 aliphatic heterocycles. The van der Waals surface area contributed by atoms with Gasteiger partial charge in [0, 0.05) is 18.7 Å². The number of aromatic nitrogens is 3. The number of carbonyl (C=O) groups is 1. The lowest BCUT2D eigenvalue weighted by molar-refractivity contribution is -0.00543. The molecule has 0 amide bonds.